The Morgan fingerprint density at radius 2 is 2.00 bits per heavy atom. The number of hydrogen-bond donors (Lipinski definition) is 2. The van der Waals surface area contributed by atoms with Crippen LogP contribution in [0.2, 0.25) is 0 Å². The number of nitrogens with zero attached hydrogens (tertiary/aromatic N) is 1. The molecule has 3 fully saturated rings. The molecule has 0 aromatic heterocycles. The average Bonchev–Trinajstić information content (AvgIpc) is 2.95. The van der Waals surface area contributed by atoms with Gasteiger partial charge in [0, 0.05) is 31.7 Å². The van der Waals surface area contributed by atoms with Crippen LogP contribution < -0.4 is 5.32 Å². The van der Waals surface area contributed by atoms with Crippen molar-refractivity contribution in [2.24, 2.45) is 11.8 Å². The molecule has 4 heteroatoms. The zero-order valence-corrected chi connectivity index (χ0v) is 11.7. The minimum atomic E-state index is 0.0387. The Morgan fingerprint density at radius 3 is 2.79 bits per heavy atom. The van der Waals surface area contributed by atoms with Crippen LogP contribution >= 0.6 is 0 Å². The fourth-order valence-electron chi connectivity index (χ4n) is 4.09. The number of fused-ring (bicyclic) bond motifs is 1. The molecular formula is C15H26N2O2. The van der Waals surface area contributed by atoms with Gasteiger partial charge in [-0.3, -0.25) is 4.79 Å². The number of amides is 1. The highest BCUT2D eigenvalue weighted by Crippen LogP contribution is 2.33. The van der Waals surface area contributed by atoms with E-state index in [0.717, 1.165) is 31.8 Å². The Bertz CT molecular complexity index is 334. The van der Waals surface area contributed by atoms with Crippen molar-refractivity contribution in [3.05, 3.63) is 0 Å². The van der Waals surface area contributed by atoms with Crippen LogP contribution in [0.3, 0.4) is 0 Å². The minimum absolute atomic E-state index is 0.0387. The number of aliphatic hydroxyl groups is 1. The minimum Gasteiger partial charge on any atom is -0.396 e. The standard InChI is InChI=1S/C15H26N2O2/c18-10-11-7-8-17(9-11)15(19)14-6-5-12-3-1-2-4-13(12)16-14/h11-14,16,18H,1-10H2. The summed E-state index contributed by atoms with van der Waals surface area (Å²) in [5.74, 6) is 1.39. The molecule has 2 N–H and O–H groups in total. The molecule has 3 aliphatic rings. The first kappa shape index (κ1) is 13.4. The van der Waals surface area contributed by atoms with Crippen LogP contribution in [0.5, 0.6) is 0 Å². The highest BCUT2D eigenvalue weighted by atomic mass is 16.3. The molecule has 4 nitrogen and oxygen atoms in total. The van der Waals surface area contributed by atoms with Gasteiger partial charge in [0.05, 0.1) is 6.04 Å². The van der Waals surface area contributed by atoms with Crippen molar-refractivity contribution in [3.8, 4) is 0 Å². The predicted molar refractivity (Wildman–Crippen MR) is 73.7 cm³/mol. The van der Waals surface area contributed by atoms with Crippen molar-refractivity contribution in [3.63, 3.8) is 0 Å². The summed E-state index contributed by atoms with van der Waals surface area (Å²) in [4.78, 5) is 14.5. The van der Waals surface area contributed by atoms with Crippen LogP contribution in [0.1, 0.15) is 44.9 Å². The summed E-state index contributed by atoms with van der Waals surface area (Å²) in [5.41, 5.74) is 0. The van der Waals surface area contributed by atoms with Crippen LogP contribution in [-0.2, 0) is 4.79 Å². The maximum absolute atomic E-state index is 12.5. The van der Waals surface area contributed by atoms with Crippen molar-refractivity contribution in [2.45, 2.75) is 57.0 Å². The summed E-state index contributed by atoms with van der Waals surface area (Å²) in [7, 11) is 0. The zero-order chi connectivity index (χ0) is 13.2. The molecule has 0 bridgehead atoms. The normalized spacial score (nSPS) is 39.1. The molecule has 1 amide bonds. The molecular weight excluding hydrogens is 240 g/mol. The van der Waals surface area contributed by atoms with Crippen LogP contribution in [0.4, 0.5) is 0 Å². The monoisotopic (exact) mass is 266 g/mol. The van der Waals surface area contributed by atoms with E-state index in [1.807, 2.05) is 4.90 Å². The van der Waals surface area contributed by atoms with Gasteiger partial charge in [0.2, 0.25) is 5.91 Å². The Hall–Kier alpha value is -0.610. The number of aliphatic hydroxyl groups excluding tert-OH is 1. The molecule has 108 valence electrons. The van der Waals surface area contributed by atoms with E-state index in [9.17, 15) is 9.90 Å². The van der Waals surface area contributed by atoms with Gasteiger partial charge < -0.3 is 15.3 Å². The Morgan fingerprint density at radius 1 is 1.16 bits per heavy atom. The van der Waals surface area contributed by atoms with Crippen LogP contribution in [0.15, 0.2) is 0 Å². The lowest BCUT2D eigenvalue weighted by atomic mass is 9.77. The SMILES string of the molecule is O=C(C1CCC2CCCCC2N1)N1CCC(CO)C1. The second kappa shape index (κ2) is 5.80. The maximum Gasteiger partial charge on any atom is 0.239 e. The van der Waals surface area contributed by atoms with Crippen molar-refractivity contribution in [2.75, 3.05) is 19.7 Å². The largest absolute Gasteiger partial charge is 0.396 e. The third-order valence-corrected chi connectivity index (χ3v) is 5.30. The fourth-order valence-corrected chi connectivity index (χ4v) is 4.09. The summed E-state index contributed by atoms with van der Waals surface area (Å²) in [5, 5.41) is 12.8. The van der Waals surface area contributed by atoms with Gasteiger partial charge in [-0.15, -0.1) is 0 Å². The number of rotatable bonds is 2. The van der Waals surface area contributed by atoms with Gasteiger partial charge in [-0.2, -0.15) is 0 Å². The summed E-state index contributed by atoms with van der Waals surface area (Å²) < 4.78 is 0. The number of hydrogen-bond acceptors (Lipinski definition) is 3. The molecule has 1 saturated carbocycles. The van der Waals surface area contributed by atoms with E-state index in [1.165, 1.54) is 32.1 Å². The van der Waals surface area contributed by atoms with Gasteiger partial charge in [0.1, 0.15) is 0 Å². The highest BCUT2D eigenvalue weighted by molar-refractivity contribution is 5.82. The molecule has 0 spiro atoms. The lowest BCUT2D eigenvalue weighted by Crippen LogP contribution is -2.55. The van der Waals surface area contributed by atoms with Gasteiger partial charge in [-0.25, -0.2) is 0 Å². The molecule has 0 aromatic rings. The molecule has 2 saturated heterocycles. The molecule has 1 aliphatic carbocycles. The number of likely N-dealkylation sites (tertiary alicyclic amines) is 1. The topological polar surface area (TPSA) is 52.6 Å². The first-order chi connectivity index (χ1) is 9.28. The third kappa shape index (κ3) is 2.79. The summed E-state index contributed by atoms with van der Waals surface area (Å²) in [6.45, 7) is 1.80. The quantitative estimate of drug-likeness (QED) is 0.788. The number of carbonyl (C=O) groups is 1. The lowest BCUT2D eigenvalue weighted by molar-refractivity contribution is -0.134. The molecule has 0 aromatic carbocycles. The lowest BCUT2D eigenvalue weighted by Gasteiger charge is -2.40. The zero-order valence-electron chi connectivity index (χ0n) is 11.7. The van der Waals surface area contributed by atoms with E-state index in [4.69, 9.17) is 0 Å². The van der Waals surface area contributed by atoms with Crippen molar-refractivity contribution in [1.29, 1.82) is 0 Å². The average molecular weight is 266 g/mol. The fraction of sp³-hybridized carbons (Fsp3) is 0.933. The Labute approximate surface area is 115 Å². The van der Waals surface area contributed by atoms with Crippen LogP contribution in [0, 0.1) is 11.8 Å². The van der Waals surface area contributed by atoms with Crippen molar-refractivity contribution in [1.82, 2.24) is 10.2 Å². The first-order valence-electron chi connectivity index (χ1n) is 7.93. The van der Waals surface area contributed by atoms with Crippen LogP contribution in [0.25, 0.3) is 0 Å². The van der Waals surface area contributed by atoms with E-state index in [-0.39, 0.29) is 18.6 Å². The highest BCUT2D eigenvalue weighted by Gasteiger charge is 2.37. The summed E-state index contributed by atoms with van der Waals surface area (Å²) in [6.07, 6.45) is 8.44. The van der Waals surface area contributed by atoms with Crippen molar-refractivity contribution < 1.29 is 9.90 Å². The molecule has 3 rings (SSSR count). The first-order valence-corrected chi connectivity index (χ1v) is 7.93. The van der Waals surface area contributed by atoms with Gasteiger partial charge in [0.25, 0.3) is 0 Å². The molecule has 4 unspecified atom stereocenters. The summed E-state index contributed by atoms with van der Waals surface area (Å²) >= 11 is 0. The van der Waals surface area contributed by atoms with E-state index in [0.29, 0.717) is 12.0 Å². The van der Waals surface area contributed by atoms with Gasteiger partial charge in [0.15, 0.2) is 0 Å². The van der Waals surface area contributed by atoms with Gasteiger partial charge in [-0.05, 0) is 38.0 Å². The summed E-state index contributed by atoms with van der Waals surface area (Å²) in [6, 6.07) is 0.615. The van der Waals surface area contributed by atoms with Gasteiger partial charge in [-0.1, -0.05) is 12.8 Å². The Kier molecular flexibility index (Phi) is 4.08. The van der Waals surface area contributed by atoms with E-state index >= 15 is 0 Å². The van der Waals surface area contributed by atoms with E-state index < -0.39 is 0 Å². The van der Waals surface area contributed by atoms with E-state index in [2.05, 4.69) is 5.32 Å². The van der Waals surface area contributed by atoms with Gasteiger partial charge >= 0.3 is 0 Å². The molecule has 0 radical (unpaired) electrons. The maximum atomic E-state index is 12.5. The van der Waals surface area contributed by atoms with E-state index in [1.54, 1.807) is 0 Å². The third-order valence-electron chi connectivity index (χ3n) is 5.30. The molecule has 2 aliphatic heterocycles. The second-order valence-corrected chi connectivity index (χ2v) is 6.57. The van der Waals surface area contributed by atoms with Crippen LogP contribution in [-0.4, -0.2) is 47.7 Å². The molecule has 4 atom stereocenters. The predicted octanol–water partition coefficient (Wildman–Crippen LogP) is 1.14. The number of piperidine rings is 1. The smallest absolute Gasteiger partial charge is 0.239 e. The number of carbonyl (C=O) groups excluding carboxylic acids is 1. The van der Waals surface area contributed by atoms with Crippen molar-refractivity contribution >= 4 is 5.91 Å². The second-order valence-electron chi connectivity index (χ2n) is 6.57. The molecule has 19 heavy (non-hydrogen) atoms. The molecule has 2 heterocycles. The Balaban J connectivity index is 1.56. The number of nitrogens with one attached hydrogen (secondary N) is 1.